The van der Waals surface area contributed by atoms with Crippen LogP contribution in [-0.4, -0.2) is 119 Å². The molecule has 18 heteroatoms. The van der Waals surface area contributed by atoms with Crippen molar-refractivity contribution < 1.29 is 43.8 Å². The summed E-state index contributed by atoms with van der Waals surface area (Å²) in [6.07, 6.45) is 2.11. The van der Waals surface area contributed by atoms with Crippen molar-refractivity contribution in [2.75, 3.05) is 27.2 Å². The Morgan fingerprint density at radius 3 is 2.15 bits per heavy atom. The number of nitrogens with zero attached hydrogens (tertiary/aromatic N) is 2. The van der Waals surface area contributed by atoms with Gasteiger partial charge in [0, 0.05) is 48.8 Å². The monoisotopic (exact) mass is 936 g/mol. The van der Waals surface area contributed by atoms with Crippen molar-refractivity contribution in [1.29, 1.82) is 0 Å². The number of likely N-dealkylation sites (N-methyl/N-ethyl adjacent to an activating group) is 2. The Bertz CT molecular complexity index is 2500. The number of likely N-dealkylation sites (tertiary alicyclic amines) is 1. The van der Waals surface area contributed by atoms with Gasteiger partial charge in [0.2, 0.25) is 35.4 Å². The zero-order chi connectivity index (χ0) is 48.5. The Morgan fingerprint density at radius 1 is 0.851 bits per heavy atom. The molecule has 0 aliphatic carbocycles. The van der Waals surface area contributed by atoms with E-state index in [-0.39, 0.29) is 52.5 Å². The van der Waals surface area contributed by atoms with Crippen LogP contribution < -0.4 is 32.3 Å². The highest BCUT2D eigenvalue weighted by molar-refractivity contribution is 6.30. The molecule has 6 atom stereocenters. The summed E-state index contributed by atoms with van der Waals surface area (Å²) >= 11 is 6.05. The molecule has 9 N–H and O–H groups in total. The van der Waals surface area contributed by atoms with Gasteiger partial charge < -0.3 is 52.3 Å². The second-order valence-electron chi connectivity index (χ2n) is 16.9. The third-order valence-corrected chi connectivity index (χ3v) is 12.4. The van der Waals surface area contributed by atoms with E-state index in [1.165, 1.54) is 63.2 Å². The lowest BCUT2D eigenvalue weighted by Gasteiger charge is -2.32. The van der Waals surface area contributed by atoms with E-state index in [0.29, 0.717) is 49.4 Å². The van der Waals surface area contributed by atoms with E-state index in [2.05, 4.69) is 26.6 Å². The minimum absolute atomic E-state index is 0.0935. The molecule has 2 aliphatic rings. The second-order valence-corrected chi connectivity index (χ2v) is 17.3. The van der Waals surface area contributed by atoms with E-state index in [9.17, 15) is 43.8 Å². The highest BCUT2D eigenvalue weighted by Crippen LogP contribution is 2.39. The molecule has 17 nitrogen and oxygen atoms in total. The first-order chi connectivity index (χ1) is 32.0. The van der Waals surface area contributed by atoms with Crippen molar-refractivity contribution in [2.45, 2.75) is 88.6 Å². The molecule has 0 spiro atoms. The lowest BCUT2D eigenvalue weighted by molar-refractivity contribution is -0.142. The number of carbonyl (C=O) groups excluding carboxylic acids is 7. The highest BCUT2D eigenvalue weighted by atomic mass is 35.5. The molecule has 4 aromatic carbocycles. The molecule has 6 rings (SSSR count). The van der Waals surface area contributed by atoms with Gasteiger partial charge in [0.05, 0.1) is 0 Å². The van der Waals surface area contributed by atoms with Crippen molar-refractivity contribution in [3.05, 3.63) is 107 Å². The van der Waals surface area contributed by atoms with E-state index in [1.807, 2.05) is 12.1 Å². The summed E-state index contributed by atoms with van der Waals surface area (Å²) in [4.78, 5) is 99.4. The molecule has 67 heavy (non-hydrogen) atoms. The third kappa shape index (κ3) is 11.7. The number of halogens is 1. The van der Waals surface area contributed by atoms with Gasteiger partial charge in [-0.1, -0.05) is 48.0 Å². The summed E-state index contributed by atoms with van der Waals surface area (Å²) < 4.78 is 0. The Kier molecular flexibility index (Phi) is 16.2. The van der Waals surface area contributed by atoms with E-state index in [0.717, 1.165) is 16.0 Å². The van der Waals surface area contributed by atoms with Crippen LogP contribution in [0.2, 0.25) is 5.02 Å². The molecule has 4 aromatic rings. The molecular formula is C49H57ClN8O9. The van der Waals surface area contributed by atoms with Crippen molar-refractivity contribution >= 4 is 53.0 Å². The van der Waals surface area contributed by atoms with Crippen LogP contribution in [0.25, 0.3) is 22.3 Å². The maximum absolute atomic E-state index is 14.6. The maximum Gasteiger partial charge on any atom is 0.251 e. The number of amides is 7. The van der Waals surface area contributed by atoms with E-state index in [4.69, 9.17) is 17.3 Å². The predicted molar refractivity (Wildman–Crippen MR) is 251 cm³/mol. The smallest absolute Gasteiger partial charge is 0.251 e. The molecule has 1 fully saturated rings. The van der Waals surface area contributed by atoms with Gasteiger partial charge in [0.1, 0.15) is 47.8 Å². The largest absolute Gasteiger partial charge is 0.507 e. The molecule has 7 amide bonds. The maximum atomic E-state index is 14.6. The lowest BCUT2D eigenvalue weighted by Crippen LogP contribution is -2.58. The number of rotatable bonds is 13. The molecular weight excluding hydrogens is 880 g/mol. The van der Waals surface area contributed by atoms with Crippen molar-refractivity contribution in [3.63, 3.8) is 0 Å². The molecule has 4 bridgehead atoms. The number of benzene rings is 4. The summed E-state index contributed by atoms with van der Waals surface area (Å²) in [5.41, 5.74) is 8.67. The Morgan fingerprint density at radius 2 is 1.49 bits per heavy atom. The first kappa shape index (κ1) is 49.5. The minimum atomic E-state index is -1.46. The molecule has 0 aromatic heterocycles. The Labute approximate surface area is 393 Å². The number of phenols is 2. The Hall–Kier alpha value is -6.98. The molecule has 354 valence electrons. The molecule has 2 aliphatic heterocycles. The number of hydrogen-bond donors (Lipinski definition) is 8. The van der Waals surface area contributed by atoms with Gasteiger partial charge in [-0.15, -0.1) is 0 Å². The Balaban J connectivity index is 1.29. The first-order valence-corrected chi connectivity index (χ1v) is 22.6. The number of aromatic hydroxyl groups is 2. The van der Waals surface area contributed by atoms with Crippen LogP contribution in [0.4, 0.5) is 0 Å². The lowest BCUT2D eigenvalue weighted by atomic mass is 9.93. The summed E-state index contributed by atoms with van der Waals surface area (Å²) in [5.74, 6) is -4.83. The van der Waals surface area contributed by atoms with Crippen LogP contribution in [-0.2, 0) is 35.2 Å². The fourth-order valence-corrected chi connectivity index (χ4v) is 8.56. The zero-order valence-corrected chi connectivity index (χ0v) is 38.6. The molecule has 6 unspecified atom stereocenters. The average molecular weight is 937 g/mol. The fraction of sp³-hybridized carbons (Fsp3) is 0.367. The standard InChI is InChI=1S/C49H57ClN8O9/c1-27-43(61)56-38(45(63)54-28(2)48(66)58-23-7-9-39(58)46(64)52-3)25-29-10-20-40(59)35(24-29)36-26-33(17-21-41(36)60)42(47(65)53-27)57(4)49(67)37(8-5-6-22-51)55-44(62)32-13-11-30(12-14-32)31-15-18-34(50)19-16-31/h10-21,24,26-28,37-39,42,59-60H,5-9,22-23,25,51H2,1-4H3,(H,52,64)(H,53,65)(H,54,63)(H,55,62)(H,56,61). The van der Waals surface area contributed by atoms with Crippen LogP contribution in [0.15, 0.2) is 84.9 Å². The van der Waals surface area contributed by atoms with Gasteiger partial charge in [-0.25, -0.2) is 0 Å². The van der Waals surface area contributed by atoms with Crippen LogP contribution in [0, 0.1) is 0 Å². The highest BCUT2D eigenvalue weighted by Gasteiger charge is 2.38. The fourth-order valence-electron chi connectivity index (χ4n) is 8.43. The van der Waals surface area contributed by atoms with Gasteiger partial charge in [0.25, 0.3) is 5.91 Å². The number of carbonyl (C=O) groups is 7. The molecule has 2 heterocycles. The number of nitrogens with two attached hydrogens (primary N) is 1. The van der Waals surface area contributed by atoms with Gasteiger partial charge >= 0.3 is 0 Å². The molecule has 1 saturated heterocycles. The zero-order valence-electron chi connectivity index (χ0n) is 37.8. The summed E-state index contributed by atoms with van der Waals surface area (Å²) in [6.45, 7) is 3.55. The van der Waals surface area contributed by atoms with Gasteiger partial charge in [0.15, 0.2) is 0 Å². The van der Waals surface area contributed by atoms with Gasteiger partial charge in [-0.3, -0.25) is 33.6 Å². The minimum Gasteiger partial charge on any atom is -0.507 e. The predicted octanol–water partition coefficient (Wildman–Crippen LogP) is 3.30. The summed E-state index contributed by atoms with van der Waals surface area (Å²) in [5, 5.41) is 36.4. The van der Waals surface area contributed by atoms with Crippen LogP contribution in [0.1, 0.15) is 73.5 Å². The van der Waals surface area contributed by atoms with Crippen LogP contribution in [0.5, 0.6) is 11.5 Å². The first-order valence-electron chi connectivity index (χ1n) is 22.2. The van der Waals surface area contributed by atoms with Crippen molar-refractivity contribution in [2.24, 2.45) is 5.73 Å². The normalized spacial score (nSPS) is 19.2. The summed E-state index contributed by atoms with van der Waals surface area (Å²) in [6, 6.07) is 15.7. The average Bonchev–Trinajstić information content (AvgIpc) is 3.81. The molecule has 0 radical (unpaired) electrons. The van der Waals surface area contributed by atoms with Crippen LogP contribution in [0.3, 0.4) is 0 Å². The van der Waals surface area contributed by atoms with Gasteiger partial charge in [-0.2, -0.15) is 0 Å². The number of nitrogens with one attached hydrogen (secondary N) is 5. The van der Waals surface area contributed by atoms with E-state index in [1.54, 1.807) is 42.5 Å². The van der Waals surface area contributed by atoms with Gasteiger partial charge in [-0.05, 0) is 123 Å². The van der Waals surface area contributed by atoms with Crippen molar-refractivity contribution in [3.8, 4) is 33.8 Å². The summed E-state index contributed by atoms with van der Waals surface area (Å²) in [7, 11) is 2.87. The third-order valence-electron chi connectivity index (χ3n) is 12.2. The molecule has 0 saturated carbocycles. The number of phenolic OH excluding ortho intramolecular Hbond substituents is 2. The van der Waals surface area contributed by atoms with E-state index < -0.39 is 71.7 Å². The number of fused-ring (bicyclic) bond motifs is 5. The van der Waals surface area contributed by atoms with Crippen LogP contribution >= 0.6 is 11.6 Å². The number of unbranched alkanes of at least 4 members (excludes halogenated alkanes) is 1. The SMILES string of the molecule is CNC(=O)C1CCCN1C(=O)C(C)NC(=O)C1Cc2ccc(O)c(c2)-c2cc(ccc2O)C(N(C)C(=O)C(CCCCN)NC(=O)c2ccc(-c3ccc(Cl)cc3)cc2)C(=O)NC(C)C(=O)N1. The van der Waals surface area contributed by atoms with E-state index >= 15 is 0 Å². The second kappa shape index (κ2) is 22.0. The van der Waals surface area contributed by atoms with Crippen molar-refractivity contribution in [1.82, 2.24) is 36.4 Å². The number of hydrogen-bond acceptors (Lipinski definition) is 10. The topological polar surface area (TPSA) is 253 Å². The quantitative estimate of drug-likeness (QED) is 0.0909.